The minimum absolute atomic E-state index is 0.0277. The Balaban J connectivity index is 2.12. The third kappa shape index (κ3) is 1.76. The van der Waals surface area contributed by atoms with Gasteiger partial charge in [-0.15, -0.1) is 0 Å². The first-order chi connectivity index (χ1) is 8.57. The number of imidazole rings is 1. The van der Waals surface area contributed by atoms with Crippen LogP contribution in [0.5, 0.6) is 0 Å². The highest BCUT2D eigenvalue weighted by Crippen LogP contribution is 2.34. The molecule has 0 unspecified atom stereocenters. The van der Waals surface area contributed by atoms with Crippen LogP contribution in [0.15, 0.2) is 36.7 Å². The van der Waals surface area contributed by atoms with E-state index in [0.717, 1.165) is 23.5 Å². The lowest BCUT2D eigenvalue weighted by molar-refractivity contribution is 0.0904. The molecule has 0 fully saturated rings. The smallest absolute Gasteiger partial charge is 0.182 e. The van der Waals surface area contributed by atoms with Crippen molar-refractivity contribution in [3.05, 3.63) is 48.0 Å². The summed E-state index contributed by atoms with van der Waals surface area (Å²) in [5, 5.41) is 0. The van der Waals surface area contributed by atoms with Gasteiger partial charge < -0.3 is 0 Å². The maximum absolute atomic E-state index is 12.3. The molecule has 3 heteroatoms. The van der Waals surface area contributed by atoms with E-state index < -0.39 is 0 Å². The normalized spacial score (nSPS) is 17.6. The van der Waals surface area contributed by atoms with Crippen LogP contribution in [-0.4, -0.2) is 15.3 Å². The van der Waals surface area contributed by atoms with Gasteiger partial charge in [0.05, 0.1) is 5.69 Å². The van der Waals surface area contributed by atoms with E-state index in [4.69, 9.17) is 0 Å². The molecule has 0 bridgehead atoms. The zero-order valence-electron chi connectivity index (χ0n) is 10.7. The number of hydrogen-bond donors (Lipinski definition) is 0. The summed E-state index contributed by atoms with van der Waals surface area (Å²) in [6.45, 7) is 4.24. The van der Waals surface area contributed by atoms with E-state index in [1.807, 2.05) is 34.9 Å². The molecule has 3 nitrogen and oxygen atoms in total. The van der Waals surface area contributed by atoms with Gasteiger partial charge in [0.1, 0.15) is 12.0 Å². The molecular formula is C15H16N2O. The molecule has 0 radical (unpaired) electrons. The molecule has 0 amide bonds. The highest BCUT2D eigenvalue weighted by atomic mass is 16.1. The molecule has 3 rings (SSSR count). The number of hydrogen-bond acceptors (Lipinski definition) is 2. The minimum Gasteiger partial charge on any atom is -0.296 e. The Bertz CT molecular complexity index is 596. The Hall–Kier alpha value is -1.90. The molecule has 0 spiro atoms. The van der Waals surface area contributed by atoms with E-state index in [1.165, 1.54) is 0 Å². The van der Waals surface area contributed by atoms with E-state index in [2.05, 4.69) is 18.8 Å². The van der Waals surface area contributed by atoms with Crippen molar-refractivity contribution in [3.8, 4) is 5.69 Å². The van der Waals surface area contributed by atoms with E-state index in [9.17, 15) is 4.79 Å². The molecule has 0 atom stereocenters. The summed E-state index contributed by atoms with van der Waals surface area (Å²) in [7, 11) is 0. The minimum atomic E-state index is 0.0277. The molecule has 1 aliphatic carbocycles. The number of carbonyl (C=O) groups is 1. The summed E-state index contributed by atoms with van der Waals surface area (Å²) in [6.07, 6.45) is 3.23. The standard InChI is InChI=1S/C15H16N2O/c1-15(2)8-12-14(13(18)9-15)17(10-16-12)11-6-4-3-5-7-11/h3-7,10H,8-9H2,1-2H3. The lowest BCUT2D eigenvalue weighted by Gasteiger charge is -2.28. The summed E-state index contributed by atoms with van der Waals surface area (Å²) < 4.78 is 1.91. The second-order valence-electron chi connectivity index (χ2n) is 5.69. The second kappa shape index (κ2) is 3.80. The van der Waals surface area contributed by atoms with Crippen LogP contribution >= 0.6 is 0 Å². The van der Waals surface area contributed by atoms with Gasteiger partial charge in [0.25, 0.3) is 0 Å². The number of ketones is 1. The fraction of sp³-hybridized carbons (Fsp3) is 0.333. The lowest BCUT2D eigenvalue weighted by atomic mass is 9.77. The van der Waals surface area contributed by atoms with Gasteiger partial charge in [-0.3, -0.25) is 9.36 Å². The molecule has 0 aliphatic heterocycles. The SMILES string of the molecule is CC1(C)CC(=O)c2c(ncn2-c2ccccc2)C1. The average molecular weight is 240 g/mol. The van der Waals surface area contributed by atoms with Crippen molar-refractivity contribution in [1.29, 1.82) is 0 Å². The molecule has 92 valence electrons. The lowest BCUT2D eigenvalue weighted by Crippen LogP contribution is -2.28. The van der Waals surface area contributed by atoms with Crippen molar-refractivity contribution in [3.63, 3.8) is 0 Å². The molecule has 0 saturated carbocycles. The number of carbonyl (C=O) groups excluding carboxylic acids is 1. The number of aromatic nitrogens is 2. The first-order valence-electron chi connectivity index (χ1n) is 6.22. The molecule has 18 heavy (non-hydrogen) atoms. The molecule has 1 aliphatic rings. The number of para-hydroxylation sites is 1. The van der Waals surface area contributed by atoms with Crippen molar-refractivity contribution in [2.45, 2.75) is 26.7 Å². The number of benzene rings is 1. The number of Topliss-reactive ketones (excluding diaryl/α,β-unsaturated/α-hetero) is 1. The van der Waals surface area contributed by atoms with Gasteiger partial charge in [-0.25, -0.2) is 4.98 Å². The van der Waals surface area contributed by atoms with E-state index in [0.29, 0.717) is 6.42 Å². The Morgan fingerprint density at radius 2 is 1.89 bits per heavy atom. The summed E-state index contributed by atoms with van der Waals surface area (Å²) in [6, 6.07) is 9.90. The molecular weight excluding hydrogens is 224 g/mol. The topological polar surface area (TPSA) is 34.9 Å². The maximum atomic E-state index is 12.3. The second-order valence-corrected chi connectivity index (χ2v) is 5.69. The fourth-order valence-electron chi connectivity index (χ4n) is 2.63. The van der Waals surface area contributed by atoms with Crippen LogP contribution in [0.2, 0.25) is 0 Å². The van der Waals surface area contributed by atoms with Gasteiger partial charge in [-0.1, -0.05) is 32.0 Å². The van der Waals surface area contributed by atoms with Crippen LogP contribution in [0.3, 0.4) is 0 Å². The van der Waals surface area contributed by atoms with Crippen molar-refractivity contribution < 1.29 is 4.79 Å². The summed E-state index contributed by atoms with van der Waals surface area (Å²) in [5.74, 6) is 0.197. The molecule has 0 saturated heterocycles. The molecule has 2 aromatic rings. The van der Waals surface area contributed by atoms with Crippen molar-refractivity contribution in [2.24, 2.45) is 5.41 Å². The van der Waals surface area contributed by atoms with Crippen LogP contribution in [0.4, 0.5) is 0 Å². The zero-order chi connectivity index (χ0) is 12.8. The number of fused-ring (bicyclic) bond motifs is 1. The van der Waals surface area contributed by atoms with Crippen molar-refractivity contribution >= 4 is 5.78 Å². The monoisotopic (exact) mass is 240 g/mol. The third-order valence-electron chi connectivity index (χ3n) is 3.43. The molecule has 1 heterocycles. The predicted octanol–water partition coefficient (Wildman–Crippen LogP) is 3.03. The van der Waals surface area contributed by atoms with Crippen LogP contribution in [-0.2, 0) is 6.42 Å². The fourth-order valence-corrected chi connectivity index (χ4v) is 2.63. The Morgan fingerprint density at radius 1 is 1.17 bits per heavy atom. The molecule has 0 N–H and O–H groups in total. The highest BCUT2D eigenvalue weighted by Gasteiger charge is 2.34. The first kappa shape index (κ1) is 11.2. The van der Waals surface area contributed by atoms with Gasteiger partial charge in [0.2, 0.25) is 0 Å². The number of nitrogens with zero attached hydrogens (tertiary/aromatic N) is 2. The van der Waals surface area contributed by atoms with Gasteiger partial charge in [-0.05, 0) is 24.0 Å². The Kier molecular flexibility index (Phi) is 2.37. The van der Waals surface area contributed by atoms with Crippen LogP contribution in [0, 0.1) is 5.41 Å². The Morgan fingerprint density at radius 3 is 2.61 bits per heavy atom. The average Bonchev–Trinajstić information content (AvgIpc) is 2.72. The van der Waals surface area contributed by atoms with Gasteiger partial charge in [0.15, 0.2) is 5.78 Å². The van der Waals surface area contributed by atoms with Crippen LogP contribution < -0.4 is 0 Å². The number of rotatable bonds is 1. The van der Waals surface area contributed by atoms with Gasteiger partial charge in [0, 0.05) is 12.1 Å². The predicted molar refractivity (Wildman–Crippen MR) is 70.0 cm³/mol. The van der Waals surface area contributed by atoms with Gasteiger partial charge >= 0.3 is 0 Å². The van der Waals surface area contributed by atoms with E-state index in [1.54, 1.807) is 6.33 Å². The first-order valence-corrected chi connectivity index (χ1v) is 6.22. The molecule has 1 aromatic carbocycles. The van der Waals surface area contributed by atoms with Crippen molar-refractivity contribution in [2.75, 3.05) is 0 Å². The van der Waals surface area contributed by atoms with E-state index in [-0.39, 0.29) is 11.2 Å². The maximum Gasteiger partial charge on any atom is 0.182 e. The summed E-state index contributed by atoms with van der Waals surface area (Å²) in [5.41, 5.74) is 2.72. The summed E-state index contributed by atoms with van der Waals surface area (Å²) >= 11 is 0. The van der Waals surface area contributed by atoms with Gasteiger partial charge in [-0.2, -0.15) is 0 Å². The van der Waals surface area contributed by atoms with Crippen LogP contribution in [0.25, 0.3) is 5.69 Å². The Labute approximate surface area is 106 Å². The molecule has 1 aromatic heterocycles. The largest absolute Gasteiger partial charge is 0.296 e. The highest BCUT2D eigenvalue weighted by molar-refractivity contribution is 5.97. The third-order valence-corrected chi connectivity index (χ3v) is 3.43. The zero-order valence-corrected chi connectivity index (χ0v) is 10.7. The summed E-state index contributed by atoms with van der Waals surface area (Å²) in [4.78, 5) is 16.7. The van der Waals surface area contributed by atoms with Crippen molar-refractivity contribution in [1.82, 2.24) is 9.55 Å². The van der Waals surface area contributed by atoms with Crippen LogP contribution in [0.1, 0.15) is 36.5 Å². The van der Waals surface area contributed by atoms with E-state index >= 15 is 0 Å². The quantitative estimate of drug-likeness (QED) is 0.768.